The Labute approximate surface area is 83.1 Å². The van der Waals surface area contributed by atoms with Gasteiger partial charge in [0.25, 0.3) is 0 Å². The minimum Gasteiger partial charge on any atom is -0.481 e. The normalized spacial score (nSPS) is 24.4. The molecule has 1 aromatic rings. The lowest BCUT2D eigenvalue weighted by Gasteiger charge is -2.01. The zero-order chi connectivity index (χ0) is 10.1. The van der Waals surface area contributed by atoms with Gasteiger partial charge in [0.1, 0.15) is 5.78 Å². The summed E-state index contributed by atoms with van der Waals surface area (Å²) in [5, 5.41) is 0. The highest BCUT2D eigenvalue weighted by Gasteiger charge is 2.42. The molecule has 0 radical (unpaired) electrons. The number of hydrogen-bond donors (Lipinski definition) is 0. The van der Waals surface area contributed by atoms with Gasteiger partial charge in [0.05, 0.1) is 7.11 Å². The van der Waals surface area contributed by atoms with Gasteiger partial charge >= 0.3 is 0 Å². The second-order valence-electron chi connectivity index (χ2n) is 3.66. The smallest absolute Gasteiger partial charge is 0.213 e. The summed E-state index contributed by atoms with van der Waals surface area (Å²) in [6, 6.07) is 5.68. The molecule has 2 atom stereocenters. The van der Waals surface area contributed by atoms with Crippen molar-refractivity contribution in [3.63, 3.8) is 0 Å². The van der Waals surface area contributed by atoms with Crippen LogP contribution in [-0.4, -0.2) is 17.9 Å². The Morgan fingerprint density at radius 3 is 2.93 bits per heavy atom. The third-order valence-corrected chi connectivity index (χ3v) is 2.65. The molecule has 0 spiro atoms. The molecular formula is C11H13NO2. The zero-order valence-electron chi connectivity index (χ0n) is 8.36. The van der Waals surface area contributed by atoms with Gasteiger partial charge in [-0.2, -0.15) is 0 Å². The number of pyridine rings is 1. The van der Waals surface area contributed by atoms with E-state index in [4.69, 9.17) is 4.74 Å². The highest BCUT2D eigenvalue weighted by Crippen LogP contribution is 2.47. The predicted octanol–water partition coefficient (Wildman–Crippen LogP) is 1.78. The van der Waals surface area contributed by atoms with Gasteiger partial charge in [0.2, 0.25) is 5.88 Å². The van der Waals surface area contributed by atoms with Crippen LogP contribution in [0.3, 0.4) is 0 Å². The molecule has 0 amide bonds. The van der Waals surface area contributed by atoms with Gasteiger partial charge in [-0.1, -0.05) is 6.07 Å². The minimum atomic E-state index is 0.189. The van der Waals surface area contributed by atoms with E-state index in [1.165, 1.54) is 0 Å². The Bertz CT molecular complexity index is 362. The van der Waals surface area contributed by atoms with Crippen LogP contribution >= 0.6 is 0 Å². The molecule has 1 heterocycles. The molecule has 14 heavy (non-hydrogen) atoms. The van der Waals surface area contributed by atoms with Crippen molar-refractivity contribution >= 4 is 5.78 Å². The first kappa shape index (κ1) is 9.19. The number of ether oxygens (including phenoxy) is 1. The largest absolute Gasteiger partial charge is 0.481 e. The first-order chi connectivity index (χ1) is 6.72. The quantitative estimate of drug-likeness (QED) is 0.731. The van der Waals surface area contributed by atoms with E-state index in [1.54, 1.807) is 14.0 Å². The number of methoxy groups -OCH3 is 1. The van der Waals surface area contributed by atoms with E-state index < -0.39 is 0 Å². The number of hydrogen-bond acceptors (Lipinski definition) is 3. The minimum absolute atomic E-state index is 0.189. The van der Waals surface area contributed by atoms with Crippen LogP contribution in [0.15, 0.2) is 18.2 Å². The van der Waals surface area contributed by atoms with E-state index in [-0.39, 0.29) is 11.7 Å². The van der Waals surface area contributed by atoms with Crippen molar-refractivity contribution < 1.29 is 9.53 Å². The second-order valence-corrected chi connectivity index (χ2v) is 3.66. The van der Waals surface area contributed by atoms with Crippen molar-refractivity contribution in [2.45, 2.75) is 19.3 Å². The average molecular weight is 191 g/mol. The first-order valence-electron chi connectivity index (χ1n) is 4.73. The van der Waals surface area contributed by atoms with Crippen molar-refractivity contribution in [2.24, 2.45) is 5.92 Å². The molecule has 3 heteroatoms. The lowest BCUT2D eigenvalue weighted by Crippen LogP contribution is -1.97. The summed E-state index contributed by atoms with van der Waals surface area (Å²) in [6.07, 6.45) is 0.940. The van der Waals surface area contributed by atoms with Crippen LogP contribution in [0, 0.1) is 5.92 Å². The fourth-order valence-electron chi connectivity index (χ4n) is 1.72. The van der Waals surface area contributed by atoms with Crippen molar-refractivity contribution in [1.82, 2.24) is 4.98 Å². The zero-order valence-corrected chi connectivity index (χ0v) is 8.36. The van der Waals surface area contributed by atoms with Crippen LogP contribution in [0.4, 0.5) is 0 Å². The highest BCUT2D eigenvalue weighted by molar-refractivity contribution is 5.82. The highest BCUT2D eigenvalue weighted by atomic mass is 16.5. The molecule has 0 saturated heterocycles. The number of nitrogens with zero attached hydrogens (tertiary/aromatic N) is 1. The van der Waals surface area contributed by atoms with Gasteiger partial charge in [0.15, 0.2) is 0 Å². The average Bonchev–Trinajstić information content (AvgIpc) is 2.97. The number of carbonyl (C=O) groups excluding carboxylic acids is 1. The first-order valence-corrected chi connectivity index (χ1v) is 4.73. The third kappa shape index (κ3) is 1.62. The molecule has 1 aromatic heterocycles. The van der Waals surface area contributed by atoms with E-state index in [1.807, 2.05) is 18.2 Å². The molecule has 1 aliphatic carbocycles. The Balaban J connectivity index is 2.15. The molecule has 74 valence electrons. The molecule has 1 saturated carbocycles. The number of ketones is 1. The van der Waals surface area contributed by atoms with E-state index >= 15 is 0 Å². The molecule has 3 nitrogen and oxygen atoms in total. The molecule has 1 aliphatic rings. The summed E-state index contributed by atoms with van der Waals surface area (Å²) in [5.74, 6) is 1.40. The maximum absolute atomic E-state index is 11.1. The Kier molecular flexibility index (Phi) is 2.23. The molecule has 1 fully saturated rings. The summed E-state index contributed by atoms with van der Waals surface area (Å²) in [4.78, 5) is 15.4. The molecular weight excluding hydrogens is 178 g/mol. The summed E-state index contributed by atoms with van der Waals surface area (Å²) in [6.45, 7) is 1.64. The van der Waals surface area contributed by atoms with Crippen LogP contribution < -0.4 is 4.74 Å². The standard InChI is InChI=1S/C11H13NO2/c1-7(13)8-6-9(8)10-4-3-5-11(12-10)14-2/h3-5,8-9H,6H2,1-2H3. The van der Waals surface area contributed by atoms with Crippen molar-refractivity contribution in [1.29, 1.82) is 0 Å². The van der Waals surface area contributed by atoms with Crippen molar-refractivity contribution in [2.75, 3.05) is 7.11 Å². The van der Waals surface area contributed by atoms with Crippen LogP contribution in [0.1, 0.15) is 25.0 Å². The van der Waals surface area contributed by atoms with Crippen molar-refractivity contribution in [3.8, 4) is 5.88 Å². The molecule has 0 bridgehead atoms. The fourth-order valence-corrected chi connectivity index (χ4v) is 1.72. The summed E-state index contributed by atoms with van der Waals surface area (Å²) in [5.41, 5.74) is 0.976. The third-order valence-electron chi connectivity index (χ3n) is 2.65. The number of rotatable bonds is 3. The van der Waals surface area contributed by atoms with Crippen LogP contribution in [0.5, 0.6) is 5.88 Å². The summed E-state index contributed by atoms with van der Waals surface area (Å²) in [7, 11) is 1.60. The monoisotopic (exact) mass is 191 g/mol. The number of carbonyl (C=O) groups is 1. The summed E-state index contributed by atoms with van der Waals surface area (Å²) < 4.78 is 5.03. The SMILES string of the molecule is COc1cccc(C2CC2C(C)=O)n1. The molecule has 0 aliphatic heterocycles. The fraction of sp³-hybridized carbons (Fsp3) is 0.455. The number of Topliss-reactive ketones (excluding diaryl/α,β-unsaturated/α-hetero) is 1. The Morgan fingerprint density at radius 2 is 2.36 bits per heavy atom. The predicted molar refractivity (Wildman–Crippen MR) is 52.3 cm³/mol. The van der Waals surface area contributed by atoms with Gasteiger partial charge in [-0.05, 0) is 19.4 Å². The lowest BCUT2D eigenvalue weighted by molar-refractivity contribution is -0.118. The van der Waals surface area contributed by atoms with E-state index in [0.717, 1.165) is 12.1 Å². The summed E-state index contributed by atoms with van der Waals surface area (Å²) >= 11 is 0. The molecule has 0 N–H and O–H groups in total. The van der Waals surface area contributed by atoms with E-state index in [9.17, 15) is 4.79 Å². The van der Waals surface area contributed by atoms with Gasteiger partial charge in [-0.25, -0.2) is 4.98 Å². The molecule has 0 aromatic carbocycles. The number of aromatic nitrogens is 1. The van der Waals surface area contributed by atoms with Gasteiger partial charge in [-0.3, -0.25) is 4.79 Å². The topological polar surface area (TPSA) is 39.2 Å². The van der Waals surface area contributed by atoms with Crippen LogP contribution in [-0.2, 0) is 4.79 Å². The Morgan fingerprint density at radius 1 is 1.57 bits per heavy atom. The lowest BCUT2D eigenvalue weighted by atomic mass is 10.2. The maximum atomic E-state index is 11.1. The van der Waals surface area contributed by atoms with Gasteiger partial charge in [-0.15, -0.1) is 0 Å². The molecule has 2 rings (SSSR count). The van der Waals surface area contributed by atoms with E-state index in [2.05, 4.69) is 4.98 Å². The van der Waals surface area contributed by atoms with Crippen LogP contribution in [0.25, 0.3) is 0 Å². The van der Waals surface area contributed by atoms with E-state index in [0.29, 0.717) is 11.8 Å². The Hall–Kier alpha value is -1.38. The van der Waals surface area contributed by atoms with Gasteiger partial charge < -0.3 is 4.74 Å². The maximum Gasteiger partial charge on any atom is 0.213 e. The van der Waals surface area contributed by atoms with Gasteiger partial charge in [0, 0.05) is 23.6 Å². The second kappa shape index (κ2) is 3.40. The molecule has 2 unspecified atom stereocenters. The van der Waals surface area contributed by atoms with Crippen molar-refractivity contribution in [3.05, 3.63) is 23.9 Å². The van der Waals surface area contributed by atoms with Crippen LogP contribution in [0.2, 0.25) is 0 Å².